The molecule has 2 N–H and O–H groups in total. The van der Waals surface area contributed by atoms with E-state index in [4.69, 9.17) is 23.2 Å². The second-order valence-corrected chi connectivity index (χ2v) is 5.48. The van der Waals surface area contributed by atoms with Gasteiger partial charge in [-0.25, -0.2) is 9.97 Å². The van der Waals surface area contributed by atoms with E-state index in [1.807, 2.05) is 0 Å². The van der Waals surface area contributed by atoms with Gasteiger partial charge in [0.2, 0.25) is 0 Å². The molecular weight excluding hydrogens is 411 g/mol. The van der Waals surface area contributed by atoms with Crippen molar-refractivity contribution in [3.63, 3.8) is 0 Å². The average molecular weight is 415 g/mol. The van der Waals surface area contributed by atoms with Crippen LogP contribution in [0.1, 0.15) is 10.5 Å². The zero-order chi connectivity index (χ0) is 13.3. The van der Waals surface area contributed by atoms with Crippen LogP contribution in [-0.4, -0.2) is 20.9 Å². The third-order valence-corrected chi connectivity index (χ3v) is 3.53. The van der Waals surface area contributed by atoms with E-state index >= 15 is 0 Å². The van der Waals surface area contributed by atoms with Gasteiger partial charge >= 0.3 is 0 Å². The molecule has 0 aliphatic heterocycles. The van der Waals surface area contributed by atoms with Crippen LogP contribution < -0.4 is 5.32 Å². The van der Waals surface area contributed by atoms with E-state index in [0.717, 1.165) is 0 Å². The van der Waals surface area contributed by atoms with Crippen LogP contribution in [-0.2, 0) is 0 Å². The van der Waals surface area contributed by atoms with Crippen LogP contribution in [0.4, 0.5) is 5.82 Å². The number of aromatic nitrogens is 3. The molecule has 0 aromatic carbocycles. The van der Waals surface area contributed by atoms with Crippen molar-refractivity contribution in [3.8, 4) is 0 Å². The number of aromatic amines is 1. The van der Waals surface area contributed by atoms with Crippen LogP contribution >= 0.6 is 55.1 Å². The largest absolute Gasteiger partial charge is 0.340 e. The molecule has 94 valence electrons. The molecule has 2 aromatic heterocycles. The molecule has 0 aliphatic rings. The second-order valence-electron chi connectivity index (χ2n) is 3.13. The Morgan fingerprint density at radius 2 is 2.11 bits per heavy atom. The van der Waals surface area contributed by atoms with Gasteiger partial charge in [-0.2, -0.15) is 0 Å². The molecule has 1 amide bonds. The highest BCUT2D eigenvalue weighted by Gasteiger charge is 2.14. The van der Waals surface area contributed by atoms with E-state index in [1.165, 1.54) is 12.3 Å². The Kier molecular flexibility index (Phi) is 4.26. The van der Waals surface area contributed by atoms with Crippen molar-refractivity contribution >= 4 is 66.8 Å². The van der Waals surface area contributed by atoms with Crippen molar-refractivity contribution in [1.82, 2.24) is 15.0 Å². The van der Waals surface area contributed by atoms with Gasteiger partial charge in [0.15, 0.2) is 5.82 Å². The van der Waals surface area contributed by atoms with Crippen molar-refractivity contribution in [2.75, 3.05) is 5.32 Å². The minimum absolute atomic E-state index is 0.211. The van der Waals surface area contributed by atoms with Gasteiger partial charge in [-0.3, -0.25) is 4.79 Å². The average Bonchev–Trinajstić information content (AvgIpc) is 2.63. The van der Waals surface area contributed by atoms with Crippen molar-refractivity contribution in [2.24, 2.45) is 0 Å². The molecule has 2 heterocycles. The number of amides is 1. The zero-order valence-electron chi connectivity index (χ0n) is 8.47. The molecule has 0 radical (unpaired) electrons. The van der Waals surface area contributed by atoms with Gasteiger partial charge in [-0.15, -0.1) is 0 Å². The summed E-state index contributed by atoms with van der Waals surface area (Å²) in [6.45, 7) is 0. The summed E-state index contributed by atoms with van der Waals surface area (Å²) >= 11 is 17.8. The Hall–Kier alpha value is -0.630. The lowest BCUT2D eigenvalue weighted by atomic mass is 10.4. The number of nitrogens with zero attached hydrogens (tertiary/aromatic N) is 2. The van der Waals surface area contributed by atoms with Crippen LogP contribution in [0, 0.1) is 0 Å². The molecule has 0 fully saturated rings. The SMILES string of the molecule is O=C(Nc1ncc(Br)nc1Br)c1cc(Cl)c(Cl)[nH]1. The van der Waals surface area contributed by atoms with Crippen LogP contribution in [0.3, 0.4) is 0 Å². The molecule has 0 atom stereocenters. The Bertz CT molecular complexity index is 597. The maximum absolute atomic E-state index is 11.9. The smallest absolute Gasteiger partial charge is 0.273 e. The summed E-state index contributed by atoms with van der Waals surface area (Å²) in [6.07, 6.45) is 1.47. The molecule has 18 heavy (non-hydrogen) atoms. The Balaban J connectivity index is 2.21. The number of carbonyl (C=O) groups excluding carboxylic acids is 1. The topological polar surface area (TPSA) is 70.7 Å². The Morgan fingerprint density at radius 1 is 1.39 bits per heavy atom. The van der Waals surface area contributed by atoms with Crippen LogP contribution in [0.15, 0.2) is 21.5 Å². The van der Waals surface area contributed by atoms with E-state index in [0.29, 0.717) is 15.0 Å². The number of hydrogen-bond acceptors (Lipinski definition) is 3. The van der Waals surface area contributed by atoms with Crippen LogP contribution in [0.5, 0.6) is 0 Å². The van der Waals surface area contributed by atoms with Crippen LogP contribution in [0.25, 0.3) is 0 Å². The standard InChI is InChI=1S/C9H4Br2Cl2N4O/c10-5-2-14-8(6(11)16-5)17-9(18)4-1-3(12)7(13)15-4/h1-2,15H,(H,14,17,18). The molecule has 2 rings (SSSR count). The third-order valence-electron chi connectivity index (χ3n) is 1.90. The highest BCUT2D eigenvalue weighted by Crippen LogP contribution is 2.23. The number of anilines is 1. The highest BCUT2D eigenvalue weighted by molar-refractivity contribution is 9.11. The summed E-state index contributed by atoms with van der Waals surface area (Å²) in [5, 5.41) is 3.06. The lowest BCUT2D eigenvalue weighted by Gasteiger charge is -2.04. The molecule has 0 unspecified atom stereocenters. The lowest BCUT2D eigenvalue weighted by molar-refractivity contribution is 0.102. The molecule has 0 saturated carbocycles. The first-order chi connectivity index (χ1) is 8.47. The maximum atomic E-state index is 11.9. The summed E-state index contributed by atoms with van der Waals surface area (Å²) in [5.41, 5.74) is 0.238. The first-order valence-electron chi connectivity index (χ1n) is 4.51. The normalized spacial score (nSPS) is 10.4. The lowest BCUT2D eigenvalue weighted by Crippen LogP contribution is -2.14. The van der Waals surface area contributed by atoms with Crippen molar-refractivity contribution in [3.05, 3.63) is 37.3 Å². The molecule has 0 aliphatic carbocycles. The van der Waals surface area contributed by atoms with Gasteiger partial charge in [0.25, 0.3) is 5.91 Å². The summed E-state index contributed by atoms with van der Waals surface area (Å²) in [7, 11) is 0. The number of carbonyl (C=O) groups is 1. The maximum Gasteiger partial charge on any atom is 0.273 e. The minimum Gasteiger partial charge on any atom is -0.340 e. The quantitative estimate of drug-likeness (QED) is 0.783. The predicted octanol–water partition coefficient (Wildman–Crippen LogP) is 3.89. The van der Waals surface area contributed by atoms with Gasteiger partial charge in [-0.05, 0) is 37.9 Å². The number of nitrogens with one attached hydrogen (secondary N) is 2. The molecular formula is C9H4Br2Cl2N4O. The van der Waals surface area contributed by atoms with Gasteiger partial charge in [-0.1, -0.05) is 23.2 Å². The number of halogens is 4. The van der Waals surface area contributed by atoms with Crippen molar-refractivity contribution < 1.29 is 4.79 Å². The molecule has 9 heteroatoms. The predicted molar refractivity (Wildman–Crippen MR) is 76.2 cm³/mol. The fraction of sp³-hybridized carbons (Fsp3) is 0. The van der Waals surface area contributed by atoms with Gasteiger partial charge in [0, 0.05) is 0 Å². The first-order valence-corrected chi connectivity index (χ1v) is 6.85. The molecule has 0 spiro atoms. The molecule has 0 bridgehead atoms. The Morgan fingerprint density at radius 3 is 2.67 bits per heavy atom. The monoisotopic (exact) mass is 412 g/mol. The number of H-pyrrole nitrogens is 1. The van der Waals surface area contributed by atoms with Gasteiger partial charge in [0.1, 0.15) is 20.1 Å². The Labute approximate surface area is 129 Å². The molecule has 2 aromatic rings. The fourth-order valence-electron chi connectivity index (χ4n) is 1.13. The second kappa shape index (κ2) is 5.56. The summed E-state index contributed by atoms with van der Waals surface area (Å²) < 4.78 is 0.965. The highest BCUT2D eigenvalue weighted by atomic mass is 79.9. The third kappa shape index (κ3) is 3.03. The number of rotatable bonds is 2. The molecule has 5 nitrogen and oxygen atoms in total. The van der Waals surface area contributed by atoms with Crippen molar-refractivity contribution in [1.29, 1.82) is 0 Å². The minimum atomic E-state index is -0.416. The molecule has 0 saturated heterocycles. The van der Waals surface area contributed by atoms with Crippen molar-refractivity contribution in [2.45, 2.75) is 0 Å². The zero-order valence-corrected chi connectivity index (χ0v) is 13.2. The van der Waals surface area contributed by atoms with E-state index < -0.39 is 5.91 Å². The van der Waals surface area contributed by atoms with E-state index in [9.17, 15) is 4.79 Å². The van der Waals surface area contributed by atoms with E-state index in [-0.39, 0.29) is 15.9 Å². The summed E-state index contributed by atoms with van der Waals surface area (Å²) in [5.74, 6) is -0.119. The van der Waals surface area contributed by atoms with Crippen LogP contribution in [0.2, 0.25) is 10.2 Å². The van der Waals surface area contributed by atoms with Gasteiger partial charge in [0.05, 0.1) is 11.2 Å². The number of hydrogen-bond donors (Lipinski definition) is 2. The fourth-order valence-corrected chi connectivity index (χ4v) is 2.35. The first kappa shape index (κ1) is 13.8. The summed E-state index contributed by atoms with van der Waals surface area (Å²) in [6, 6.07) is 1.43. The van der Waals surface area contributed by atoms with E-state index in [2.05, 4.69) is 52.1 Å². The van der Waals surface area contributed by atoms with Gasteiger partial charge < -0.3 is 10.3 Å². The summed E-state index contributed by atoms with van der Waals surface area (Å²) in [4.78, 5) is 22.5. The van der Waals surface area contributed by atoms with E-state index in [1.54, 1.807) is 0 Å².